The third kappa shape index (κ3) is 9.42. The van der Waals surface area contributed by atoms with Gasteiger partial charge in [-0.2, -0.15) is 0 Å². The summed E-state index contributed by atoms with van der Waals surface area (Å²) in [5, 5.41) is 21.9. The molecule has 22 heavy (non-hydrogen) atoms. The zero-order chi connectivity index (χ0) is 17.1. The number of nitrogens with one attached hydrogen (secondary N) is 2. The van der Waals surface area contributed by atoms with Gasteiger partial charge in [-0.25, -0.2) is 0 Å². The van der Waals surface area contributed by atoms with E-state index < -0.39 is 42.4 Å². The van der Waals surface area contributed by atoms with E-state index in [1.807, 2.05) is 0 Å². The number of alkyl halides is 1. The molecule has 0 aromatic carbocycles. The molecule has 0 aliphatic heterocycles. The minimum absolute atomic E-state index is 0.0761. The Morgan fingerprint density at radius 1 is 1.23 bits per heavy atom. The lowest BCUT2D eigenvalue weighted by molar-refractivity contribution is -0.139. The van der Waals surface area contributed by atoms with Gasteiger partial charge in [0.2, 0.25) is 11.8 Å². The largest absolute Gasteiger partial charge is 0.480 e. The summed E-state index contributed by atoms with van der Waals surface area (Å²) >= 11 is 6.67. The van der Waals surface area contributed by atoms with Gasteiger partial charge in [0, 0.05) is 12.2 Å². The van der Waals surface area contributed by atoms with Crippen molar-refractivity contribution in [1.82, 2.24) is 10.6 Å². The molecule has 0 heterocycles. The van der Waals surface area contributed by atoms with Crippen molar-refractivity contribution in [2.24, 2.45) is 5.73 Å². The molecule has 0 bridgehead atoms. The van der Waals surface area contributed by atoms with E-state index in [-0.39, 0.29) is 23.8 Å². The van der Waals surface area contributed by atoms with Crippen molar-refractivity contribution in [3.8, 4) is 0 Å². The number of carbonyl (C=O) groups excluding carboxylic acids is 2. The van der Waals surface area contributed by atoms with Gasteiger partial charge in [-0.1, -0.05) is 0 Å². The van der Waals surface area contributed by atoms with Crippen molar-refractivity contribution in [3.05, 3.63) is 0 Å². The Morgan fingerprint density at radius 3 is 2.36 bits per heavy atom. The van der Waals surface area contributed by atoms with Gasteiger partial charge in [0.05, 0.1) is 5.21 Å². The highest BCUT2D eigenvalue weighted by Crippen LogP contribution is 2.06. The summed E-state index contributed by atoms with van der Waals surface area (Å²) in [5.74, 6) is -3.48. The highest BCUT2D eigenvalue weighted by molar-refractivity contribution is 8.00. The molecule has 11 heteroatoms. The Morgan fingerprint density at radius 2 is 1.86 bits per heavy atom. The summed E-state index contributed by atoms with van der Waals surface area (Å²) in [6.45, 7) is -0.569. The molecule has 0 aromatic rings. The third-order valence-corrected chi connectivity index (χ3v) is 3.61. The van der Waals surface area contributed by atoms with E-state index in [9.17, 15) is 19.2 Å². The van der Waals surface area contributed by atoms with E-state index in [1.165, 1.54) is 11.8 Å². The van der Waals surface area contributed by atoms with Crippen LogP contribution in [0.2, 0.25) is 0 Å². The molecule has 2 unspecified atom stereocenters. The van der Waals surface area contributed by atoms with Gasteiger partial charge >= 0.3 is 11.9 Å². The summed E-state index contributed by atoms with van der Waals surface area (Å²) < 4.78 is 0. The van der Waals surface area contributed by atoms with Crippen molar-refractivity contribution in [1.29, 1.82) is 0 Å². The quantitative estimate of drug-likeness (QED) is 0.289. The SMILES string of the molecule is NC(CCC(=O)NC(CSCCl)C(=O)NCC(=O)O)C(=O)O. The van der Waals surface area contributed by atoms with Crippen molar-refractivity contribution in [3.63, 3.8) is 0 Å². The molecule has 6 N–H and O–H groups in total. The summed E-state index contributed by atoms with van der Waals surface area (Å²) in [5.41, 5.74) is 5.27. The monoisotopic (exact) mass is 355 g/mol. The van der Waals surface area contributed by atoms with Crippen LogP contribution in [-0.2, 0) is 19.2 Å². The molecule has 9 nitrogen and oxygen atoms in total. The number of carbonyl (C=O) groups is 4. The van der Waals surface area contributed by atoms with E-state index in [0.717, 1.165) is 0 Å². The second-order valence-corrected chi connectivity index (χ2v) is 5.81. The van der Waals surface area contributed by atoms with Crippen LogP contribution in [0.15, 0.2) is 0 Å². The lowest BCUT2D eigenvalue weighted by Crippen LogP contribution is -2.49. The van der Waals surface area contributed by atoms with E-state index >= 15 is 0 Å². The Balaban J connectivity index is 4.43. The van der Waals surface area contributed by atoms with Gasteiger partial charge < -0.3 is 26.6 Å². The predicted octanol–water partition coefficient (Wildman–Crippen LogP) is -1.21. The smallest absolute Gasteiger partial charge is 0.322 e. The summed E-state index contributed by atoms with van der Waals surface area (Å²) in [6, 6.07) is -2.13. The fourth-order valence-corrected chi connectivity index (χ4v) is 2.13. The number of carboxylic acids is 2. The van der Waals surface area contributed by atoms with Crippen LogP contribution in [0.25, 0.3) is 0 Å². The maximum atomic E-state index is 11.8. The minimum atomic E-state index is -1.22. The topological polar surface area (TPSA) is 159 Å². The van der Waals surface area contributed by atoms with Gasteiger partial charge in [0.1, 0.15) is 18.6 Å². The first kappa shape index (κ1) is 20.5. The molecular weight excluding hydrogens is 338 g/mol. The number of amides is 2. The number of aliphatic carboxylic acids is 2. The summed E-state index contributed by atoms with van der Waals surface area (Å²) in [4.78, 5) is 44.4. The van der Waals surface area contributed by atoms with Crippen LogP contribution in [0.1, 0.15) is 12.8 Å². The normalized spacial score (nSPS) is 13.0. The first-order valence-corrected chi connectivity index (χ1v) is 7.87. The maximum Gasteiger partial charge on any atom is 0.322 e. The Labute approximate surface area is 135 Å². The fourth-order valence-electron chi connectivity index (χ4n) is 1.31. The molecule has 126 valence electrons. The zero-order valence-electron chi connectivity index (χ0n) is 11.6. The lowest BCUT2D eigenvalue weighted by atomic mass is 10.1. The predicted molar refractivity (Wildman–Crippen MR) is 80.6 cm³/mol. The molecular formula is C11H18ClN3O6S. The lowest BCUT2D eigenvalue weighted by Gasteiger charge is -2.17. The van der Waals surface area contributed by atoms with E-state index in [1.54, 1.807) is 0 Å². The Bertz CT molecular complexity index is 423. The van der Waals surface area contributed by atoms with Crippen LogP contribution < -0.4 is 16.4 Å². The van der Waals surface area contributed by atoms with E-state index in [0.29, 0.717) is 0 Å². The van der Waals surface area contributed by atoms with Crippen LogP contribution in [-0.4, -0.2) is 63.6 Å². The molecule has 0 fully saturated rings. The average Bonchev–Trinajstić information content (AvgIpc) is 2.46. The van der Waals surface area contributed by atoms with Crippen molar-refractivity contribution < 1.29 is 29.4 Å². The first-order chi connectivity index (χ1) is 10.3. The van der Waals surface area contributed by atoms with Crippen molar-refractivity contribution >= 4 is 47.1 Å². The van der Waals surface area contributed by atoms with Gasteiger partial charge in [0.25, 0.3) is 0 Å². The molecule has 0 rings (SSSR count). The van der Waals surface area contributed by atoms with Crippen LogP contribution >= 0.6 is 23.4 Å². The molecule has 2 amide bonds. The third-order valence-electron chi connectivity index (χ3n) is 2.43. The number of carboxylic acid groups (broad SMARTS) is 2. The second kappa shape index (κ2) is 11.1. The molecule has 0 spiro atoms. The van der Waals surface area contributed by atoms with Gasteiger partial charge in [-0.15, -0.1) is 23.4 Å². The van der Waals surface area contributed by atoms with Crippen molar-refractivity contribution in [2.45, 2.75) is 24.9 Å². The second-order valence-electron chi connectivity index (χ2n) is 4.19. The minimum Gasteiger partial charge on any atom is -0.480 e. The molecule has 0 aromatic heterocycles. The number of thioether (sulfide) groups is 1. The van der Waals surface area contributed by atoms with Crippen molar-refractivity contribution in [2.75, 3.05) is 17.5 Å². The summed E-state index contributed by atoms with van der Waals surface area (Å²) in [6.07, 6.45) is -0.241. The number of nitrogens with two attached hydrogens (primary N) is 1. The standard InChI is InChI=1S/C11H18ClN3O6S/c12-5-22-4-7(10(19)14-3-9(17)18)15-8(16)2-1-6(13)11(20)21/h6-7H,1-5,13H2,(H,14,19)(H,15,16)(H,17,18)(H,20,21). The highest BCUT2D eigenvalue weighted by Gasteiger charge is 2.22. The van der Waals surface area contributed by atoms with E-state index in [4.69, 9.17) is 27.5 Å². The molecule has 2 atom stereocenters. The number of hydrogen-bond donors (Lipinski definition) is 5. The van der Waals surface area contributed by atoms with Crippen LogP contribution in [0, 0.1) is 0 Å². The average molecular weight is 356 g/mol. The Kier molecular flexibility index (Phi) is 10.3. The Hall–Kier alpha value is -1.52. The molecule has 0 saturated heterocycles. The first-order valence-electron chi connectivity index (χ1n) is 6.18. The zero-order valence-corrected chi connectivity index (χ0v) is 13.2. The van der Waals surface area contributed by atoms with Gasteiger partial charge in [0.15, 0.2) is 0 Å². The maximum absolute atomic E-state index is 11.8. The van der Waals surface area contributed by atoms with Crippen LogP contribution in [0.5, 0.6) is 0 Å². The number of hydrogen-bond acceptors (Lipinski definition) is 6. The van der Waals surface area contributed by atoms with Gasteiger partial charge in [-0.05, 0) is 6.42 Å². The van der Waals surface area contributed by atoms with Crippen LogP contribution in [0.4, 0.5) is 0 Å². The molecule has 0 radical (unpaired) electrons. The molecule has 0 saturated carbocycles. The molecule has 0 aliphatic carbocycles. The van der Waals surface area contributed by atoms with Gasteiger partial charge in [-0.3, -0.25) is 19.2 Å². The number of rotatable bonds is 11. The molecule has 0 aliphatic rings. The van der Waals surface area contributed by atoms with Crippen LogP contribution in [0.3, 0.4) is 0 Å². The highest BCUT2D eigenvalue weighted by atomic mass is 35.5. The summed E-state index contributed by atoms with van der Waals surface area (Å²) in [7, 11) is 0. The van der Waals surface area contributed by atoms with E-state index in [2.05, 4.69) is 10.6 Å². The number of halogens is 1. The fraction of sp³-hybridized carbons (Fsp3) is 0.636.